The number of anilines is 1. The summed E-state index contributed by atoms with van der Waals surface area (Å²) in [4.78, 5) is 35.2. The summed E-state index contributed by atoms with van der Waals surface area (Å²) in [5.74, 6) is -7.47. The van der Waals surface area contributed by atoms with Gasteiger partial charge in [-0.05, 0) is 18.2 Å². The quantitative estimate of drug-likeness (QED) is 0.259. The molecule has 0 spiro atoms. The molecule has 158 valence electrons. The minimum Gasteiger partial charge on any atom is -0.419 e. The summed E-state index contributed by atoms with van der Waals surface area (Å²) < 4.78 is 88.3. The molecule has 1 aromatic carbocycles. The molecule has 1 fully saturated rings. The first kappa shape index (κ1) is 22.0. The summed E-state index contributed by atoms with van der Waals surface area (Å²) in [5, 5.41) is 2.09. The van der Waals surface area contributed by atoms with Crippen molar-refractivity contribution in [3.63, 3.8) is 0 Å². The van der Waals surface area contributed by atoms with Gasteiger partial charge in [-0.2, -0.15) is 13.2 Å². The average molecular weight is 427 g/mol. The van der Waals surface area contributed by atoms with Crippen molar-refractivity contribution in [3.8, 4) is 5.75 Å². The predicted octanol–water partition coefficient (Wildman–Crippen LogP) is 3.46. The number of halogens is 6. The van der Waals surface area contributed by atoms with E-state index in [1.165, 1.54) is 13.8 Å². The van der Waals surface area contributed by atoms with Crippen LogP contribution in [0.25, 0.3) is 0 Å². The van der Waals surface area contributed by atoms with E-state index >= 15 is 0 Å². The number of carbonyl (C=O) groups is 3. The second kappa shape index (κ2) is 7.29. The molecule has 1 aliphatic heterocycles. The maximum Gasteiger partial charge on any atom is 0.573 e. The van der Waals surface area contributed by atoms with Gasteiger partial charge in [0.05, 0.1) is 5.56 Å². The van der Waals surface area contributed by atoms with Crippen LogP contribution in [0.4, 0.5) is 32.0 Å². The number of nitrogens with one attached hydrogen (secondary N) is 1. The molecule has 7 nitrogen and oxygen atoms in total. The highest BCUT2D eigenvalue weighted by atomic mass is 19.4. The maximum atomic E-state index is 12.8. The fourth-order valence-corrected chi connectivity index (χ4v) is 2.12. The standard InChI is InChI=1S/C16H11F6NO6/c1-14(2)28-12(25)9(13(26)29-14)6-23-10-4-3-7(27-16(20,21)22)5-8(10)11(24)15(17,18)19/h3-6,23H,1-2H3. The molecule has 0 aromatic heterocycles. The lowest BCUT2D eigenvalue weighted by Gasteiger charge is -2.29. The van der Waals surface area contributed by atoms with Crippen LogP contribution in [-0.4, -0.2) is 36.0 Å². The molecule has 0 saturated carbocycles. The Morgan fingerprint density at radius 2 is 1.62 bits per heavy atom. The van der Waals surface area contributed by atoms with Crippen molar-refractivity contribution in [1.29, 1.82) is 0 Å². The van der Waals surface area contributed by atoms with Crippen molar-refractivity contribution < 1.29 is 54.9 Å². The molecule has 2 rings (SSSR count). The number of Topliss-reactive ketones (excluding diaryl/α,β-unsaturated/α-hetero) is 1. The Kier molecular flexibility index (Phi) is 5.54. The summed E-state index contributed by atoms with van der Waals surface area (Å²) >= 11 is 0. The van der Waals surface area contributed by atoms with E-state index in [0.717, 1.165) is 0 Å². The van der Waals surface area contributed by atoms with Crippen LogP contribution in [0.15, 0.2) is 30.0 Å². The van der Waals surface area contributed by atoms with Gasteiger partial charge in [0.25, 0.3) is 11.6 Å². The number of hydrogen-bond donors (Lipinski definition) is 1. The largest absolute Gasteiger partial charge is 0.573 e. The second-order valence-electron chi connectivity index (χ2n) is 5.96. The summed E-state index contributed by atoms with van der Waals surface area (Å²) in [7, 11) is 0. The Labute approximate surface area is 158 Å². The second-order valence-corrected chi connectivity index (χ2v) is 5.96. The highest BCUT2D eigenvalue weighted by Gasteiger charge is 2.42. The van der Waals surface area contributed by atoms with Crippen LogP contribution in [0.2, 0.25) is 0 Å². The van der Waals surface area contributed by atoms with Crippen LogP contribution in [0, 0.1) is 0 Å². The zero-order valence-corrected chi connectivity index (χ0v) is 14.5. The van der Waals surface area contributed by atoms with Gasteiger partial charge in [0, 0.05) is 25.7 Å². The van der Waals surface area contributed by atoms with Crippen molar-refractivity contribution in [3.05, 3.63) is 35.5 Å². The summed E-state index contributed by atoms with van der Waals surface area (Å²) in [6, 6.07) is 1.51. The first-order valence-electron chi connectivity index (χ1n) is 7.54. The number of cyclic esters (lactones) is 2. The smallest absolute Gasteiger partial charge is 0.419 e. The Morgan fingerprint density at radius 1 is 1.07 bits per heavy atom. The van der Waals surface area contributed by atoms with E-state index in [2.05, 4.69) is 10.1 Å². The van der Waals surface area contributed by atoms with Gasteiger partial charge in [-0.25, -0.2) is 9.59 Å². The molecule has 1 saturated heterocycles. The molecule has 1 heterocycles. The number of rotatable bonds is 4. The molecule has 1 aliphatic rings. The van der Waals surface area contributed by atoms with Gasteiger partial charge in [0.2, 0.25) is 0 Å². The first-order chi connectivity index (χ1) is 13.1. The number of hydrogen-bond acceptors (Lipinski definition) is 7. The maximum absolute atomic E-state index is 12.8. The van der Waals surface area contributed by atoms with Gasteiger partial charge in [-0.1, -0.05) is 0 Å². The molecule has 13 heteroatoms. The van der Waals surface area contributed by atoms with Gasteiger partial charge >= 0.3 is 24.5 Å². The normalized spacial score (nSPS) is 16.6. The van der Waals surface area contributed by atoms with Gasteiger partial charge in [0.15, 0.2) is 5.57 Å². The fraction of sp³-hybridized carbons (Fsp3) is 0.312. The summed E-state index contributed by atoms with van der Waals surface area (Å²) in [5.41, 5.74) is -2.64. The molecular weight excluding hydrogens is 416 g/mol. The zero-order valence-electron chi connectivity index (χ0n) is 14.5. The average Bonchev–Trinajstić information content (AvgIpc) is 2.50. The monoisotopic (exact) mass is 427 g/mol. The number of esters is 2. The Morgan fingerprint density at radius 3 is 2.10 bits per heavy atom. The van der Waals surface area contributed by atoms with Gasteiger partial charge in [-0.3, -0.25) is 4.79 Å². The van der Waals surface area contributed by atoms with Crippen LogP contribution in [0.1, 0.15) is 24.2 Å². The molecule has 1 aromatic rings. The zero-order chi connectivity index (χ0) is 22.2. The van der Waals surface area contributed by atoms with Crippen molar-refractivity contribution >= 4 is 23.4 Å². The third-order valence-corrected chi connectivity index (χ3v) is 3.22. The van der Waals surface area contributed by atoms with Crippen molar-refractivity contribution in [1.82, 2.24) is 0 Å². The number of ether oxygens (including phenoxy) is 3. The molecule has 0 bridgehead atoms. The van der Waals surface area contributed by atoms with E-state index in [4.69, 9.17) is 9.47 Å². The highest BCUT2D eigenvalue weighted by molar-refractivity contribution is 6.15. The molecule has 29 heavy (non-hydrogen) atoms. The lowest BCUT2D eigenvalue weighted by Crippen LogP contribution is -2.42. The topological polar surface area (TPSA) is 90.9 Å². The van der Waals surface area contributed by atoms with Crippen LogP contribution in [-0.2, 0) is 19.1 Å². The molecule has 0 unspecified atom stereocenters. The fourth-order valence-electron chi connectivity index (χ4n) is 2.12. The van der Waals surface area contributed by atoms with E-state index < -0.39 is 58.6 Å². The third kappa shape index (κ3) is 5.62. The number of ketones is 1. The van der Waals surface area contributed by atoms with E-state index in [-0.39, 0.29) is 6.07 Å². The number of carbonyl (C=O) groups excluding carboxylic acids is 3. The summed E-state index contributed by atoms with van der Waals surface area (Å²) in [6.07, 6.45) is -10.0. The minimum atomic E-state index is -5.42. The Hall–Kier alpha value is -3.25. The van der Waals surface area contributed by atoms with E-state index in [1.54, 1.807) is 0 Å². The van der Waals surface area contributed by atoms with Crippen LogP contribution < -0.4 is 10.1 Å². The van der Waals surface area contributed by atoms with Crippen LogP contribution in [0.5, 0.6) is 5.75 Å². The van der Waals surface area contributed by atoms with Crippen molar-refractivity contribution in [2.75, 3.05) is 5.32 Å². The number of benzene rings is 1. The molecule has 0 amide bonds. The first-order valence-corrected chi connectivity index (χ1v) is 7.54. The predicted molar refractivity (Wildman–Crippen MR) is 81.5 cm³/mol. The van der Waals surface area contributed by atoms with E-state index in [9.17, 15) is 40.7 Å². The number of alkyl halides is 6. The van der Waals surface area contributed by atoms with E-state index in [0.29, 0.717) is 18.3 Å². The third-order valence-electron chi connectivity index (χ3n) is 3.22. The molecule has 0 aliphatic carbocycles. The lowest BCUT2D eigenvalue weighted by molar-refractivity contribution is -0.274. The Balaban J connectivity index is 2.40. The molecular formula is C16H11F6NO6. The van der Waals surface area contributed by atoms with Gasteiger partial charge < -0.3 is 19.5 Å². The lowest BCUT2D eigenvalue weighted by atomic mass is 10.1. The van der Waals surface area contributed by atoms with Gasteiger partial charge in [-0.15, -0.1) is 13.2 Å². The van der Waals surface area contributed by atoms with Crippen LogP contribution in [0.3, 0.4) is 0 Å². The van der Waals surface area contributed by atoms with Gasteiger partial charge in [0.1, 0.15) is 5.75 Å². The summed E-state index contributed by atoms with van der Waals surface area (Å²) in [6.45, 7) is 2.51. The minimum absolute atomic E-state index is 0.213. The molecule has 0 atom stereocenters. The van der Waals surface area contributed by atoms with Crippen molar-refractivity contribution in [2.24, 2.45) is 0 Å². The molecule has 1 N–H and O–H groups in total. The van der Waals surface area contributed by atoms with E-state index in [1.807, 2.05) is 0 Å². The van der Waals surface area contributed by atoms with Crippen molar-refractivity contribution in [2.45, 2.75) is 32.2 Å². The van der Waals surface area contributed by atoms with Crippen LogP contribution >= 0.6 is 0 Å². The molecule has 0 radical (unpaired) electrons. The SMILES string of the molecule is CC1(C)OC(=O)C(=CNc2ccc(OC(F)(F)F)cc2C(=O)C(F)(F)F)C(=O)O1. The Bertz CT molecular complexity index is 865. The highest BCUT2D eigenvalue weighted by Crippen LogP contribution is 2.32.